The highest BCUT2D eigenvalue weighted by Crippen LogP contribution is 2.15. The van der Waals surface area contributed by atoms with Gasteiger partial charge in [0.1, 0.15) is 0 Å². The zero-order chi connectivity index (χ0) is 16.7. The molecule has 0 radical (unpaired) electrons. The van der Waals surface area contributed by atoms with Crippen molar-refractivity contribution in [1.29, 1.82) is 0 Å². The summed E-state index contributed by atoms with van der Waals surface area (Å²) in [6.07, 6.45) is 0.883. The number of methoxy groups -OCH3 is 1. The first kappa shape index (κ1) is 17.0. The summed E-state index contributed by atoms with van der Waals surface area (Å²) in [7, 11) is 1.68. The van der Waals surface area contributed by atoms with Crippen LogP contribution in [0.1, 0.15) is 22.3 Å². The van der Waals surface area contributed by atoms with Gasteiger partial charge in [0.15, 0.2) is 5.96 Å². The molecule has 0 heterocycles. The van der Waals surface area contributed by atoms with E-state index in [1.807, 2.05) is 24.3 Å². The van der Waals surface area contributed by atoms with Gasteiger partial charge in [-0.3, -0.25) is 4.99 Å². The molecule has 0 amide bonds. The van der Waals surface area contributed by atoms with E-state index < -0.39 is 0 Å². The van der Waals surface area contributed by atoms with Crippen molar-refractivity contribution in [3.05, 3.63) is 64.7 Å². The summed E-state index contributed by atoms with van der Waals surface area (Å²) in [6, 6.07) is 14.4. The largest absolute Gasteiger partial charge is 0.380 e. The van der Waals surface area contributed by atoms with E-state index in [-0.39, 0.29) is 0 Å². The summed E-state index contributed by atoms with van der Waals surface area (Å²) in [5, 5.41) is 3.15. The highest BCUT2D eigenvalue weighted by Gasteiger charge is 2.03. The molecule has 0 spiro atoms. The third kappa shape index (κ3) is 5.11. The Hall–Kier alpha value is -2.33. The van der Waals surface area contributed by atoms with Crippen molar-refractivity contribution in [1.82, 2.24) is 0 Å². The Morgan fingerprint density at radius 3 is 2.65 bits per heavy atom. The van der Waals surface area contributed by atoms with E-state index in [2.05, 4.69) is 42.4 Å². The third-order valence-electron chi connectivity index (χ3n) is 3.74. The average Bonchev–Trinajstić information content (AvgIpc) is 2.52. The van der Waals surface area contributed by atoms with Gasteiger partial charge in [0.05, 0.1) is 6.61 Å². The molecule has 2 aromatic carbocycles. The topological polar surface area (TPSA) is 59.6 Å². The van der Waals surface area contributed by atoms with Gasteiger partial charge in [0.2, 0.25) is 0 Å². The van der Waals surface area contributed by atoms with E-state index in [1.54, 1.807) is 7.11 Å². The van der Waals surface area contributed by atoms with Crippen LogP contribution >= 0.6 is 0 Å². The van der Waals surface area contributed by atoms with Crippen molar-refractivity contribution in [2.75, 3.05) is 19.0 Å². The second kappa shape index (κ2) is 8.34. The zero-order valence-corrected chi connectivity index (χ0v) is 14.1. The Labute approximate surface area is 138 Å². The quantitative estimate of drug-likeness (QED) is 0.635. The van der Waals surface area contributed by atoms with Crippen LogP contribution in [0.4, 0.5) is 5.69 Å². The molecule has 2 rings (SSSR count). The molecule has 122 valence electrons. The van der Waals surface area contributed by atoms with Gasteiger partial charge in [-0.05, 0) is 37.5 Å². The van der Waals surface area contributed by atoms with E-state index in [9.17, 15) is 0 Å². The van der Waals surface area contributed by atoms with Crippen LogP contribution in [-0.4, -0.2) is 19.6 Å². The number of nitrogens with zero attached hydrogens (tertiary/aromatic N) is 1. The van der Waals surface area contributed by atoms with E-state index >= 15 is 0 Å². The lowest BCUT2D eigenvalue weighted by molar-refractivity contribution is 0.185. The van der Waals surface area contributed by atoms with E-state index in [1.165, 1.54) is 16.7 Å². The Morgan fingerprint density at radius 2 is 1.91 bits per heavy atom. The van der Waals surface area contributed by atoms with Crippen LogP contribution in [0.25, 0.3) is 0 Å². The maximum Gasteiger partial charge on any atom is 0.193 e. The molecular weight excluding hydrogens is 286 g/mol. The summed E-state index contributed by atoms with van der Waals surface area (Å²) < 4.78 is 5.19. The van der Waals surface area contributed by atoms with Crippen molar-refractivity contribution in [3.8, 4) is 0 Å². The fourth-order valence-corrected chi connectivity index (χ4v) is 2.52. The summed E-state index contributed by atoms with van der Waals surface area (Å²) in [6.45, 7) is 5.44. The lowest BCUT2D eigenvalue weighted by Gasteiger charge is -2.11. The molecule has 2 aromatic rings. The number of hydrogen-bond donors (Lipinski definition) is 2. The van der Waals surface area contributed by atoms with E-state index in [0.717, 1.165) is 17.7 Å². The van der Waals surface area contributed by atoms with Crippen LogP contribution in [0.3, 0.4) is 0 Å². The lowest BCUT2D eigenvalue weighted by atomic mass is 10.0. The van der Waals surface area contributed by atoms with Crippen LogP contribution in [0.2, 0.25) is 0 Å². The fourth-order valence-electron chi connectivity index (χ4n) is 2.52. The Balaban J connectivity index is 1.95. The Kier molecular flexibility index (Phi) is 6.18. The summed E-state index contributed by atoms with van der Waals surface area (Å²) in [5.74, 6) is 0.429. The Morgan fingerprint density at radius 1 is 1.13 bits per heavy atom. The number of ether oxygens (including phenoxy) is 1. The van der Waals surface area contributed by atoms with E-state index in [0.29, 0.717) is 19.1 Å². The van der Waals surface area contributed by atoms with Crippen LogP contribution in [0.5, 0.6) is 0 Å². The lowest BCUT2D eigenvalue weighted by Crippen LogP contribution is -2.23. The summed E-state index contributed by atoms with van der Waals surface area (Å²) >= 11 is 0. The normalized spacial score (nSPS) is 11.5. The minimum atomic E-state index is 0.429. The van der Waals surface area contributed by atoms with Crippen LogP contribution in [0, 0.1) is 13.8 Å². The molecule has 4 nitrogen and oxygen atoms in total. The standard InChI is InChI=1S/C19H25N3O/c1-14-8-9-16(15(2)12-14)10-11-21-19(20)22-18-7-5-4-6-17(18)13-23-3/h4-9,12H,10-11,13H2,1-3H3,(H3,20,21,22). The predicted octanol–water partition coefficient (Wildman–Crippen LogP) is 3.42. The molecule has 0 aliphatic carbocycles. The van der Waals surface area contributed by atoms with Gasteiger partial charge in [0, 0.05) is 24.9 Å². The maximum absolute atomic E-state index is 6.00. The number of anilines is 1. The van der Waals surface area contributed by atoms with Gasteiger partial charge in [-0.1, -0.05) is 42.0 Å². The van der Waals surface area contributed by atoms with Crippen LogP contribution in [-0.2, 0) is 17.8 Å². The maximum atomic E-state index is 6.00. The van der Waals surface area contributed by atoms with Gasteiger partial charge in [-0.25, -0.2) is 0 Å². The number of nitrogens with two attached hydrogens (primary N) is 1. The van der Waals surface area contributed by atoms with Crippen molar-refractivity contribution < 1.29 is 4.74 Å². The number of para-hydroxylation sites is 1. The predicted molar refractivity (Wildman–Crippen MR) is 96.9 cm³/mol. The molecule has 0 atom stereocenters. The zero-order valence-electron chi connectivity index (χ0n) is 14.1. The molecule has 0 bridgehead atoms. The SMILES string of the molecule is COCc1ccccc1NC(N)=NCCc1ccc(C)cc1C. The fraction of sp³-hybridized carbons (Fsp3) is 0.316. The summed E-state index contributed by atoms with van der Waals surface area (Å²) in [4.78, 5) is 4.42. The minimum absolute atomic E-state index is 0.429. The molecule has 0 unspecified atom stereocenters. The van der Waals surface area contributed by atoms with Crippen LogP contribution in [0.15, 0.2) is 47.5 Å². The number of benzene rings is 2. The van der Waals surface area contributed by atoms with Crippen molar-refractivity contribution in [2.45, 2.75) is 26.9 Å². The number of hydrogen-bond acceptors (Lipinski definition) is 2. The molecule has 23 heavy (non-hydrogen) atoms. The van der Waals surface area contributed by atoms with Crippen LogP contribution < -0.4 is 11.1 Å². The number of aryl methyl sites for hydroxylation is 2. The van der Waals surface area contributed by atoms with Gasteiger partial charge in [-0.15, -0.1) is 0 Å². The third-order valence-corrected chi connectivity index (χ3v) is 3.74. The smallest absolute Gasteiger partial charge is 0.193 e. The van der Waals surface area contributed by atoms with E-state index in [4.69, 9.17) is 10.5 Å². The first-order chi connectivity index (χ1) is 11.1. The molecule has 0 saturated carbocycles. The molecular formula is C19H25N3O. The second-order valence-corrected chi connectivity index (χ2v) is 5.66. The van der Waals surface area contributed by atoms with Gasteiger partial charge in [-0.2, -0.15) is 0 Å². The molecule has 4 heteroatoms. The second-order valence-electron chi connectivity index (χ2n) is 5.66. The number of rotatable bonds is 6. The first-order valence-electron chi connectivity index (χ1n) is 7.80. The van der Waals surface area contributed by atoms with Gasteiger partial charge >= 0.3 is 0 Å². The molecule has 0 saturated heterocycles. The number of aliphatic imine (C=N–C) groups is 1. The van der Waals surface area contributed by atoms with Gasteiger partial charge < -0.3 is 15.8 Å². The average molecular weight is 311 g/mol. The molecule has 0 fully saturated rings. The number of nitrogens with one attached hydrogen (secondary N) is 1. The summed E-state index contributed by atoms with van der Waals surface area (Å²) in [5.41, 5.74) is 11.9. The molecule has 0 aromatic heterocycles. The van der Waals surface area contributed by atoms with Crippen molar-refractivity contribution >= 4 is 11.6 Å². The highest BCUT2D eigenvalue weighted by atomic mass is 16.5. The monoisotopic (exact) mass is 311 g/mol. The number of guanidine groups is 1. The van der Waals surface area contributed by atoms with Gasteiger partial charge in [0.25, 0.3) is 0 Å². The molecule has 0 aliphatic rings. The van der Waals surface area contributed by atoms with Crippen molar-refractivity contribution in [3.63, 3.8) is 0 Å². The molecule has 3 N–H and O–H groups in total. The van der Waals surface area contributed by atoms with Crippen molar-refractivity contribution in [2.24, 2.45) is 10.7 Å². The first-order valence-corrected chi connectivity index (χ1v) is 7.80. The Bertz CT molecular complexity index is 680. The minimum Gasteiger partial charge on any atom is -0.380 e. The molecule has 0 aliphatic heterocycles. The highest BCUT2D eigenvalue weighted by molar-refractivity contribution is 5.92.